The highest BCUT2D eigenvalue weighted by Crippen LogP contribution is 2.31. The van der Waals surface area contributed by atoms with Crippen molar-refractivity contribution in [2.24, 2.45) is 0 Å². The molecule has 7 heteroatoms. The Kier molecular flexibility index (Phi) is 3.56. The summed E-state index contributed by atoms with van der Waals surface area (Å²) in [7, 11) is 0. The number of nitrogens with zero attached hydrogens (tertiary/aromatic N) is 4. The summed E-state index contributed by atoms with van der Waals surface area (Å²) >= 11 is 0. The molecule has 0 amide bonds. The monoisotopic (exact) mass is 339 g/mol. The molecular weight excluding hydrogens is 324 g/mol. The summed E-state index contributed by atoms with van der Waals surface area (Å²) < 4.78 is 29.3. The first-order valence-corrected chi connectivity index (χ1v) is 7.88. The van der Waals surface area contributed by atoms with Crippen molar-refractivity contribution in [2.45, 2.75) is 19.8 Å². The summed E-state index contributed by atoms with van der Waals surface area (Å²) in [5.74, 6) is -0.214. The molecule has 3 heterocycles. The van der Waals surface area contributed by atoms with E-state index < -0.39 is 11.6 Å². The third kappa shape index (κ3) is 2.57. The number of halogens is 2. The van der Waals surface area contributed by atoms with Gasteiger partial charge in [0.15, 0.2) is 5.65 Å². The third-order valence-electron chi connectivity index (χ3n) is 4.06. The van der Waals surface area contributed by atoms with E-state index in [0.717, 1.165) is 23.1 Å². The van der Waals surface area contributed by atoms with E-state index in [1.54, 1.807) is 0 Å². The summed E-state index contributed by atoms with van der Waals surface area (Å²) in [6, 6.07) is 7.18. The number of hydrogen-bond acceptors (Lipinski definition) is 3. The van der Waals surface area contributed by atoms with Crippen molar-refractivity contribution in [2.75, 3.05) is 0 Å². The maximum absolute atomic E-state index is 14.2. The lowest BCUT2D eigenvalue weighted by atomic mass is 10.1. The van der Waals surface area contributed by atoms with Crippen LogP contribution in [0.1, 0.15) is 25.6 Å². The van der Waals surface area contributed by atoms with Crippen LogP contribution >= 0.6 is 0 Å². The van der Waals surface area contributed by atoms with Crippen molar-refractivity contribution in [3.05, 3.63) is 60.3 Å². The van der Waals surface area contributed by atoms with E-state index >= 15 is 0 Å². The molecule has 0 aliphatic heterocycles. The summed E-state index contributed by atoms with van der Waals surface area (Å²) in [5, 5.41) is 8.35. The SMILES string of the molecule is CC(C)c1nnc2ccc(-c3nc[nH]c3-c3ccc(F)cc3F)cn12. The van der Waals surface area contributed by atoms with E-state index in [9.17, 15) is 8.78 Å². The predicted molar refractivity (Wildman–Crippen MR) is 90.0 cm³/mol. The number of aromatic amines is 1. The molecule has 4 rings (SSSR count). The second kappa shape index (κ2) is 5.77. The highest BCUT2D eigenvalue weighted by molar-refractivity contribution is 5.78. The lowest BCUT2D eigenvalue weighted by molar-refractivity contribution is 0.585. The molecule has 1 aromatic carbocycles. The number of nitrogens with one attached hydrogen (secondary N) is 1. The molecular formula is C18H15F2N5. The van der Waals surface area contributed by atoms with Crippen molar-refractivity contribution in [1.29, 1.82) is 0 Å². The van der Waals surface area contributed by atoms with Crippen LogP contribution in [-0.4, -0.2) is 24.6 Å². The smallest absolute Gasteiger partial charge is 0.160 e. The van der Waals surface area contributed by atoms with Crippen LogP contribution in [0.2, 0.25) is 0 Å². The number of aromatic nitrogens is 5. The molecule has 0 aliphatic rings. The number of pyridine rings is 1. The zero-order chi connectivity index (χ0) is 17.6. The van der Waals surface area contributed by atoms with Gasteiger partial charge in [0, 0.05) is 29.3 Å². The first kappa shape index (κ1) is 15.4. The van der Waals surface area contributed by atoms with Gasteiger partial charge in [-0.1, -0.05) is 13.8 Å². The number of hydrogen-bond donors (Lipinski definition) is 1. The molecule has 0 fully saturated rings. The topological polar surface area (TPSA) is 58.9 Å². The number of rotatable bonds is 3. The largest absolute Gasteiger partial charge is 0.344 e. The van der Waals surface area contributed by atoms with Crippen molar-refractivity contribution in [3.63, 3.8) is 0 Å². The van der Waals surface area contributed by atoms with Gasteiger partial charge < -0.3 is 4.98 Å². The fourth-order valence-corrected chi connectivity index (χ4v) is 2.85. The normalized spacial score (nSPS) is 11.6. The van der Waals surface area contributed by atoms with Crippen LogP contribution in [0.5, 0.6) is 0 Å². The molecule has 1 N–H and O–H groups in total. The van der Waals surface area contributed by atoms with Gasteiger partial charge in [0.25, 0.3) is 0 Å². The molecule has 0 saturated carbocycles. The maximum atomic E-state index is 14.2. The Hall–Kier alpha value is -3.09. The van der Waals surface area contributed by atoms with Crippen LogP contribution in [0.15, 0.2) is 42.9 Å². The fourth-order valence-electron chi connectivity index (χ4n) is 2.85. The van der Waals surface area contributed by atoms with E-state index in [1.807, 2.05) is 36.6 Å². The Morgan fingerprint density at radius 2 is 1.92 bits per heavy atom. The van der Waals surface area contributed by atoms with Crippen LogP contribution in [0.25, 0.3) is 28.2 Å². The molecule has 0 spiro atoms. The van der Waals surface area contributed by atoms with Gasteiger partial charge in [-0.05, 0) is 24.3 Å². The Bertz CT molecular complexity index is 1060. The minimum Gasteiger partial charge on any atom is -0.344 e. The molecule has 0 saturated heterocycles. The first-order valence-electron chi connectivity index (χ1n) is 7.88. The Labute approximate surface area is 142 Å². The number of fused-ring (bicyclic) bond motifs is 1. The Balaban J connectivity index is 1.87. The number of imidazole rings is 1. The standard InChI is InChI=1S/C18H15F2N5/c1-10(2)18-24-23-15-6-3-11(8-25(15)18)16-17(22-9-21-16)13-5-4-12(19)7-14(13)20/h3-10H,1-2H3,(H,21,22). The summed E-state index contributed by atoms with van der Waals surface area (Å²) in [6.07, 6.45) is 3.37. The maximum Gasteiger partial charge on any atom is 0.160 e. The van der Waals surface area contributed by atoms with Gasteiger partial charge >= 0.3 is 0 Å². The van der Waals surface area contributed by atoms with E-state index in [2.05, 4.69) is 20.2 Å². The Morgan fingerprint density at radius 3 is 2.68 bits per heavy atom. The summed E-state index contributed by atoms with van der Waals surface area (Å²) in [5.41, 5.74) is 2.86. The molecule has 5 nitrogen and oxygen atoms in total. The molecule has 0 atom stereocenters. The fraction of sp³-hybridized carbons (Fsp3) is 0.167. The van der Waals surface area contributed by atoms with Gasteiger partial charge in [-0.25, -0.2) is 13.8 Å². The van der Waals surface area contributed by atoms with Crippen molar-refractivity contribution in [1.82, 2.24) is 24.6 Å². The average molecular weight is 339 g/mol. The molecule has 4 aromatic rings. The highest BCUT2D eigenvalue weighted by atomic mass is 19.1. The van der Waals surface area contributed by atoms with Crippen LogP contribution in [0.3, 0.4) is 0 Å². The quantitative estimate of drug-likeness (QED) is 0.609. The third-order valence-corrected chi connectivity index (χ3v) is 4.06. The zero-order valence-electron chi connectivity index (χ0n) is 13.7. The average Bonchev–Trinajstić information content (AvgIpc) is 3.20. The number of benzene rings is 1. The minimum absolute atomic E-state index is 0.207. The molecule has 25 heavy (non-hydrogen) atoms. The lowest BCUT2D eigenvalue weighted by Crippen LogP contribution is -1.97. The predicted octanol–water partition coefficient (Wildman–Crippen LogP) is 4.19. The molecule has 126 valence electrons. The van der Waals surface area contributed by atoms with E-state index in [1.165, 1.54) is 18.5 Å². The van der Waals surface area contributed by atoms with Crippen LogP contribution in [0, 0.1) is 11.6 Å². The van der Waals surface area contributed by atoms with Gasteiger partial charge in [-0.3, -0.25) is 4.40 Å². The van der Waals surface area contributed by atoms with Crippen molar-refractivity contribution < 1.29 is 8.78 Å². The lowest BCUT2D eigenvalue weighted by Gasteiger charge is -2.07. The summed E-state index contributed by atoms with van der Waals surface area (Å²) in [4.78, 5) is 7.27. The van der Waals surface area contributed by atoms with Gasteiger partial charge in [0.1, 0.15) is 17.5 Å². The second-order valence-corrected chi connectivity index (χ2v) is 6.11. The van der Waals surface area contributed by atoms with E-state index in [4.69, 9.17) is 0 Å². The Morgan fingerprint density at radius 1 is 1.08 bits per heavy atom. The van der Waals surface area contributed by atoms with Gasteiger partial charge in [0.2, 0.25) is 0 Å². The van der Waals surface area contributed by atoms with Crippen molar-refractivity contribution in [3.8, 4) is 22.5 Å². The van der Waals surface area contributed by atoms with Crippen LogP contribution < -0.4 is 0 Å². The highest BCUT2D eigenvalue weighted by Gasteiger charge is 2.16. The first-order chi connectivity index (χ1) is 12.0. The molecule has 0 bridgehead atoms. The number of H-pyrrole nitrogens is 1. The molecule has 0 unspecified atom stereocenters. The van der Waals surface area contributed by atoms with Crippen LogP contribution in [0.4, 0.5) is 8.78 Å². The van der Waals surface area contributed by atoms with Gasteiger partial charge in [-0.2, -0.15) is 0 Å². The molecule has 3 aromatic heterocycles. The minimum atomic E-state index is -0.640. The summed E-state index contributed by atoms with van der Waals surface area (Å²) in [6.45, 7) is 4.08. The molecule has 0 aliphatic carbocycles. The molecule has 0 radical (unpaired) electrons. The van der Waals surface area contributed by atoms with Gasteiger partial charge in [-0.15, -0.1) is 10.2 Å². The van der Waals surface area contributed by atoms with Gasteiger partial charge in [0.05, 0.1) is 17.7 Å². The van der Waals surface area contributed by atoms with Crippen molar-refractivity contribution >= 4 is 5.65 Å². The van der Waals surface area contributed by atoms with E-state index in [-0.39, 0.29) is 11.5 Å². The van der Waals surface area contributed by atoms with E-state index in [0.29, 0.717) is 11.4 Å². The van der Waals surface area contributed by atoms with Crippen LogP contribution in [-0.2, 0) is 0 Å². The zero-order valence-corrected chi connectivity index (χ0v) is 13.7. The second-order valence-electron chi connectivity index (χ2n) is 6.11.